The van der Waals surface area contributed by atoms with E-state index >= 15 is 0 Å². The Morgan fingerprint density at radius 3 is 2.95 bits per heavy atom. The third-order valence-corrected chi connectivity index (χ3v) is 3.22. The third-order valence-electron chi connectivity index (χ3n) is 2.99. The van der Waals surface area contributed by atoms with Gasteiger partial charge in [0.2, 0.25) is 0 Å². The highest BCUT2D eigenvalue weighted by Gasteiger charge is 2.20. The van der Waals surface area contributed by atoms with E-state index < -0.39 is 4.92 Å². The van der Waals surface area contributed by atoms with E-state index in [2.05, 4.69) is 5.32 Å². The van der Waals surface area contributed by atoms with E-state index in [-0.39, 0.29) is 5.69 Å². The predicted molar refractivity (Wildman–Crippen MR) is 74.8 cm³/mol. The van der Waals surface area contributed by atoms with Crippen molar-refractivity contribution < 1.29 is 9.66 Å². The van der Waals surface area contributed by atoms with E-state index in [1.807, 2.05) is 0 Å². The average molecular weight is 285 g/mol. The number of benzene rings is 1. The Balaban J connectivity index is 1.73. The largest absolute Gasteiger partial charge is 0.381 e. The maximum absolute atomic E-state index is 10.9. The lowest BCUT2D eigenvalue weighted by Gasteiger charge is -2.07. The van der Waals surface area contributed by atoms with Gasteiger partial charge >= 0.3 is 0 Å². The van der Waals surface area contributed by atoms with Crippen LogP contribution in [0.4, 0.5) is 11.4 Å². The van der Waals surface area contributed by atoms with Crippen LogP contribution in [0.15, 0.2) is 18.2 Å². The predicted octanol–water partition coefficient (Wildman–Crippen LogP) is 3.48. The Hall–Kier alpha value is -1.33. The molecule has 5 nitrogen and oxygen atoms in total. The number of halogens is 1. The molecule has 0 aliphatic heterocycles. The van der Waals surface area contributed by atoms with Gasteiger partial charge in [-0.2, -0.15) is 0 Å². The Morgan fingerprint density at radius 1 is 1.47 bits per heavy atom. The number of anilines is 1. The Kier molecular flexibility index (Phi) is 4.99. The molecule has 104 valence electrons. The van der Waals surface area contributed by atoms with Gasteiger partial charge in [-0.25, -0.2) is 0 Å². The van der Waals surface area contributed by atoms with Gasteiger partial charge in [0.05, 0.1) is 4.92 Å². The summed E-state index contributed by atoms with van der Waals surface area (Å²) < 4.78 is 5.50. The molecule has 1 N–H and O–H groups in total. The fourth-order valence-electron chi connectivity index (χ4n) is 1.74. The van der Waals surface area contributed by atoms with E-state index in [0.29, 0.717) is 23.9 Å². The summed E-state index contributed by atoms with van der Waals surface area (Å²) in [6.07, 6.45) is 3.40. The first kappa shape index (κ1) is 14.1. The lowest BCUT2D eigenvalue weighted by Crippen LogP contribution is -2.08. The topological polar surface area (TPSA) is 64.4 Å². The average Bonchev–Trinajstić information content (AvgIpc) is 3.19. The summed E-state index contributed by atoms with van der Waals surface area (Å²) in [4.78, 5) is 10.4. The monoisotopic (exact) mass is 284 g/mol. The highest BCUT2D eigenvalue weighted by molar-refractivity contribution is 6.30. The molecule has 1 aromatic carbocycles. The molecular formula is C13H17ClN2O3. The van der Waals surface area contributed by atoms with Gasteiger partial charge in [-0.3, -0.25) is 10.1 Å². The first-order valence-electron chi connectivity index (χ1n) is 6.42. The Bertz CT molecular complexity index is 450. The SMILES string of the molecule is O=[N+]([O-])c1cc(Cl)ccc1NCCCOCC1CC1. The molecular weight excluding hydrogens is 268 g/mol. The summed E-state index contributed by atoms with van der Waals surface area (Å²) in [5.41, 5.74) is 0.503. The van der Waals surface area contributed by atoms with Crippen LogP contribution in [0.5, 0.6) is 0 Å². The molecule has 0 aromatic heterocycles. The van der Waals surface area contributed by atoms with Crippen LogP contribution in [-0.4, -0.2) is 24.7 Å². The van der Waals surface area contributed by atoms with Crippen LogP contribution in [0.25, 0.3) is 0 Å². The molecule has 1 aliphatic rings. The van der Waals surface area contributed by atoms with Crippen LogP contribution in [0.3, 0.4) is 0 Å². The summed E-state index contributed by atoms with van der Waals surface area (Å²) in [7, 11) is 0. The van der Waals surface area contributed by atoms with Crippen molar-refractivity contribution in [3.63, 3.8) is 0 Å². The van der Waals surface area contributed by atoms with E-state index in [1.165, 1.54) is 18.9 Å². The summed E-state index contributed by atoms with van der Waals surface area (Å²) in [5, 5.41) is 14.3. The number of nitro groups is 1. The lowest BCUT2D eigenvalue weighted by atomic mass is 10.2. The van der Waals surface area contributed by atoms with Crippen molar-refractivity contribution in [1.82, 2.24) is 0 Å². The Morgan fingerprint density at radius 2 is 2.26 bits per heavy atom. The molecule has 1 saturated carbocycles. The zero-order chi connectivity index (χ0) is 13.7. The first-order chi connectivity index (χ1) is 9.16. The normalized spacial score (nSPS) is 14.4. The number of ether oxygens (including phenoxy) is 1. The Labute approximate surface area is 117 Å². The smallest absolute Gasteiger partial charge is 0.293 e. The number of nitrogens with zero attached hydrogens (tertiary/aromatic N) is 1. The van der Waals surface area contributed by atoms with Gasteiger partial charge in [-0.15, -0.1) is 0 Å². The number of hydrogen-bond acceptors (Lipinski definition) is 4. The quantitative estimate of drug-likeness (QED) is 0.451. The number of nitrogens with one attached hydrogen (secondary N) is 1. The number of hydrogen-bond donors (Lipinski definition) is 1. The zero-order valence-corrected chi connectivity index (χ0v) is 11.4. The molecule has 0 atom stereocenters. The molecule has 0 radical (unpaired) electrons. The van der Waals surface area contributed by atoms with Gasteiger partial charge in [0.15, 0.2) is 0 Å². The van der Waals surface area contributed by atoms with Crippen molar-refractivity contribution in [2.45, 2.75) is 19.3 Å². The van der Waals surface area contributed by atoms with Gasteiger partial charge in [-0.1, -0.05) is 11.6 Å². The van der Waals surface area contributed by atoms with E-state index in [4.69, 9.17) is 16.3 Å². The van der Waals surface area contributed by atoms with Crippen molar-refractivity contribution in [3.8, 4) is 0 Å². The van der Waals surface area contributed by atoms with Crippen LogP contribution in [0.1, 0.15) is 19.3 Å². The molecule has 1 fully saturated rings. The van der Waals surface area contributed by atoms with Crippen molar-refractivity contribution in [2.75, 3.05) is 25.1 Å². The van der Waals surface area contributed by atoms with Gasteiger partial charge in [0.1, 0.15) is 5.69 Å². The fourth-order valence-corrected chi connectivity index (χ4v) is 1.90. The van der Waals surface area contributed by atoms with Crippen LogP contribution in [0.2, 0.25) is 5.02 Å². The summed E-state index contributed by atoms with van der Waals surface area (Å²) >= 11 is 5.75. The molecule has 0 spiro atoms. The second-order valence-corrected chi connectivity index (χ2v) is 5.15. The molecule has 0 bridgehead atoms. The van der Waals surface area contributed by atoms with Gasteiger partial charge in [0, 0.05) is 30.8 Å². The van der Waals surface area contributed by atoms with Gasteiger partial charge in [0.25, 0.3) is 5.69 Å². The van der Waals surface area contributed by atoms with E-state index in [1.54, 1.807) is 12.1 Å². The van der Waals surface area contributed by atoms with Crippen molar-refractivity contribution in [2.24, 2.45) is 5.92 Å². The molecule has 19 heavy (non-hydrogen) atoms. The van der Waals surface area contributed by atoms with Crippen molar-refractivity contribution in [3.05, 3.63) is 33.3 Å². The van der Waals surface area contributed by atoms with Crippen LogP contribution in [-0.2, 0) is 4.74 Å². The second-order valence-electron chi connectivity index (χ2n) is 4.72. The molecule has 0 amide bonds. The van der Waals surface area contributed by atoms with E-state index in [9.17, 15) is 10.1 Å². The summed E-state index contributed by atoms with van der Waals surface area (Å²) in [6.45, 7) is 2.18. The van der Waals surface area contributed by atoms with Crippen molar-refractivity contribution >= 4 is 23.0 Å². The maximum Gasteiger partial charge on any atom is 0.293 e. The van der Waals surface area contributed by atoms with Crippen LogP contribution >= 0.6 is 11.6 Å². The van der Waals surface area contributed by atoms with Gasteiger partial charge in [-0.05, 0) is 37.3 Å². The molecule has 6 heteroatoms. The van der Waals surface area contributed by atoms with Crippen LogP contribution in [0, 0.1) is 16.0 Å². The molecule has 1 aromatic rings. The first-order valence-corrected chi connectivity index (χ1v) is 6.80. The van der Waals surface area contributed by atoms with E-state index in [0.717, 1.165) is 18.9 Å². The molecule has 2 rings (SSSR count). The summed E-state index contributed by atoms with van der Waals surface area (Å²) in [6, 6.07) is 4.62. The second kappa shape index (κ2) is 6.73. The highest BCUT2D eigenvalue weighted by atomic mass is 35.5. The van der Waals surface area contributed by atoms with Gasteiger partial charge < -0.3 is 10.1 Å². The minimum absolute atomic E-state index is 0.00592. The van der Waals surface area contributed by atoms with Crippen molar-refractivity contribution in [1.29, 1.82) is 0 Å². The maximum atomic E-state index is 10.9. The van der Waals surface area contributed by atoms with Crippen LogP contribution < -0.4 is 5.32 Å². The zero-order valence-electron chi connectivity index (χ0n) is 10.6. The lowest BCUT2D eigenvalue weighted by molar-refractivity contribution is -0.383. The number of nitro benzene ring substituents is 1. The number of rotatable bonds is 8. The highest BCUT2D eigenvalue weighted by Crippen LogP contribution is 2.29. The fraction of sp³-hybridized carbons (Fsp3) is 0.538. The minimum Gasteiger partial charge on any atom is -0.381 e. The molecule has 0 saturated heterocycles. The molecule has 0 heterocycles. The molecule has 1 aliphatic carbocycles. The summed E-state index contributed by atoms with van der Waals surface area (Å²) in [5.74, 6) is 0.769. The standard InChI is InChI=1S/C13H17ClN2O3/c14-11-4-5-12(13(8-11)16(17)18)15-6-1-7-19-9-10-2-3-10/h4-5,8,10,15H,1-3,6-7,9H2. The molecule has 0 unspecified atom stereocenters. The minimum atomic E-state index is -0.433. The third kappa shape index (κ3) is 4.69.